The molecule has 2 rings (SSSR count). The Kier molecular flexibility index (Phi) is 2.19. The Morgan fingerprint density at radius 3 is 3.18 bits per heavy atom. The second-order valence-corrected chi connectivity index (χ2v) is 3.82. The number of aromatic nitrogens is 1. The molecule has 1 fully saturated rings. The van der Waals surface area contributed by atoms with Crippen molar-refractivity contribution in [2.75, 3.05) is 6.54 Å². The molecule has 3 heteroatoms. The molecule has 0 saturated carbocycles. The average molecular weight is 168 g/mol. The van der Waals surface area contributed by atoms with Gasteiger partial charge in [0.05, 0.1) is 5.51 Å². The van der Waals surface area contributed by atoms with Gasteiger partial charge in [-0.05, 0) is 19.4 Å². The van der Waals surface area contributed by atoms with Crippen molar-refractivity contribution in [3.8, 4) is 0 Å². The van der Waals surface area contributed by atoms with Crippen LogP contribution in [0.25, 0.3) is 0 Å². The van der Waals surface area contributed by atoms with Gasteiger partial charge < -0.3 is 5.32 Å². The summed E-state index contributed by atoms with van der Waals surface area (Å²) in [4.78, 5) is 5.47. The molecule has 1 aromatic heterocycles. The zero-order valence-corrected chi connectivity index (χ0v) is 7.23. The lowest BCUT2D eigenvalue weighted by atomic mass is 10.0. The molecule has 0 amide bonds. The lowest BCUT2D eigenvalue weighted by Crippen LogP contribution is -2.25. The summed E-state index contributed by atoms with van der Waals surface area (Å²) in [5.74, 6) is 0. The van der Waals surface area contributed by atoms with Crippen LogP contribution < -0.4 is 5.32 Å². The number of hydrogen-bond acceptors (Lipinski definition) is 3. The Hall–Kier alpha value is -0.410. The summed E-state index contributed by atoms with van der Waals surface area (Å²) in [5.41, 5.74) is 1.91. The minimum absolute atomic E-state index is 0.594. The van der Waals surface area contributed by atoms with Crippen molar-refractivity contribution < 1.29 is 0 Å². The largest absolute Gasteiger partial charge is 0.309 e. The molecule has 0 spiro atoms. The molecule has 60 valence electrons. The fraction of sp³-hybridized carbons (Fsp3) is 0.625. The predicted molar refractivity (Wildman–Crippen MR) is 46.7 cm³/mol. The van der Waals surface area contributed by atoms with E-state index in [4.69, 9.17) is 0 Å². The maximum atomic E-state index is 4.08. The molecule has 1 aliphatic rings. The fourth-order valence-corrected chi connectivity index (χ4v) is 2.22. The van der Waals surface area contributed by atoms with Crippen molar-refractivity contribution in [1.82, 2.24) is 10.3 Å². The number of nitrogens with one attached hydrogen (secondary N) is 1. The highest BCUT2D eigenvalue weighted by atomic mass is 32.1. The van der Waals surface area contributed by atoms with Gasteiger partial charge in [-0.25, -0.2) is 0 Å². The number of hydrogen-bond donors (Lipinski definition) is 1. The van der Waals surface area contributed by atoms with Gasteiger partial charge >= 0.3 is 0 Å². The highest BCUT2D eigenvalue weighted by molar-refractivity contribution is 7.09. The van der Waals surface area contributed by atoms with Crippen LogP contribution in [0.15, 0.2) is 11.7 Å². The maximum absolute atomic E-state index is 4.08. The first-order valence-corrected chi connectivity index (χ1v) is 4.96. The van der Waals surface area contributed by atoms with E-state index < -0.39 is 0 Å². The van der Waals surface area contributed by atoms with Crippen LogP contribution in [0.5, 0.6) is 0 Å². The first kappa shape index (κ1) is 7.25. The highest BCUT2D eigenvalue weighted by Crippen LogP contribution is 2.24. The summed E-state index contributed by atoms with van der Waals surface area (Å²) >= 11 is 1.76. The monoisotopic (exact) mass is 168 g/mol. The Bertz CT molecular complexity index is 202. The summed E-state index contributed by atoms with van der Waals surface area (Å²) in [7, 11) is 0. The van der Waals surface area contributed by atoms with E-state index in [1.807, 2.05) is 11.7 Å². The van der Waals surface area contributed by atoms with E-state index in [-0.39, 0.29) is 0 Å². The maximum Gasteiger partial charge on any atom is 0.0794 e. The molecule has 1 aromatic rings. The molecule has 2 heterocycles. The van der Waals surface area contributed by atoms with Crippen LogP contribution in [0.1, 0.15) is 30.2 Å². The summed E-state index contributed by atoms with van der Waals surface area (Å²) in [6.07, 6.45) is 5.95. The van der Waals surface area contributed by atoms with Crippen LogP contribution in [0.3, 0.4) is 0 Å². The molecule has 2 nitrogen and oxygen atoms in total. The Balaban J connectivity index is 2.04. The van der Waals surface area contributed by atoms with Crippen LogP contribution in [0, 0.1) is 0 Å². The van der Waals surface area contributed by atoms with Crippen LogP contribution in [-0.4, -0.2) is 11.5 Å². The van der Waals surface area contributed by atoms with Gasteiger partial charge in [-0.3, -0.25) is 4.98 Å². The molecule has 1 saturated heterocycles. The molecular weight excluding hydrogens is 156 g/mol. The molecule has 1 aliphatic heterocycles. The van der Waals surface area contributed by atoms with Crippen molar-refractivity contribution in [3.05, 3.63) is 16.6 Å². The summed E-state index contributed by atoms with van der Waals surface area (Å²) in [5, 5.41) is 3.49. The number of rotatable bonds is 1. The minimum Gasteiger partial charge on any atom is -0.309 e. The summed E-state index contributed by atoms with van der Waals surface area (Å²) < 4.78 is 0. The number of thiazole rings is 1. The van der Waals surface area contributed by atoms with Crippen molar-refractivity contribution in [1.29, 1.82) is 0 Å². The van der Waals surface area contributed by atoms with E-state index in [2.05, 4.69) is 10.3 Å². The quantitative estimate of drug-likeness (QED) is 0.693. The lowest BCUT2D eigenvalue weighted by molar-refractivity contribution is 0.417. The van der Waals surface area contributed by atoms with Crippen LogP contribution in [-0.2, 0) is 0 Å². The van der Waals surface area contributed by atoms with Crippen molar-refractivity contribution in [2.24, 2.45) is 0 Å². The minimum atomic E-state index is 0.594. The first-order chi connectivity index (χ1) is 5.47. The summed E-state index contributed by atoms with van der Waals surface area (Å²) in [6, 6.07) is 0.594. The molecule has 0 radical (unpaired) electrons. The number of nitrogens with zero attached hydrogens (tertiary/aromatic N) is 1. The molecule has 0 unspecified atom stereocenters. The van der Waals surface area contributed by atoms with Crippen LogP contribution in [0.4, 0.5) is 0 Å². The second-order valence-electron chi connectivity index (χ2n) is 2.91. The van der Waals surface area contributed by atoms with E-state index in [1.54, 1.807) is 11.3 Å². The molecule has 0 aliphatic carbocycles. The van der Waals surface area contributed by atoms with Gasteiger partial charge in [0, 0.05) is 17.1 Å². The van der Waals surface area contributed by atoms with Gasteiger partial charge in [0.15, 0.2) is 0 Å². The Labute approximate surface area is 70.7 Å². The Morgan fingerprint density at radius 1 is 1.55 bits per heavy atom. The highest BCUT2D eigenvalue weighted by Gasteiger charge is 2.14. The molecule has 1 N–H and O–H groups in total. The van der Waals surface area contributed by atoms with E-state index in [1.165, 1.54) is 30.7 Å². The van der Waals surface area contributed by atoms with Crippen molar-refractivity contribution in [2.45, 2.75) is 25.3 Å². The normalized spacial score (nSPS) is 25.3. The van der Waals surface area contributed by atoms with Gasteiger partial charge in [0.25, 0.3) is 0 Å². The third-order valence-corrected chi connectivity index (χ3v) is 2.99. The van der Waals surface area contributed by atoms with Crippen molar-refractivity contribution in [3.63, 3.8) is 0 Å². The van der Waals surface area contributed by atoms with Gasteiger partial charge in [-0.1, -0.05) is 6.42 Å². The topological polar surface area (TPSA) is 24.9 Å². The molecule has 0 bridgehead atoms. The standard InChI is InChI=1S/C8H12N2S/c1-2-4-10-7(3-1)8-5-9-6-11-8/h5-7,10H,1-4H2/t7-/m1/s1. The Morgan fingerprint density at radius 2 is 2.55 bits per heavy atom. The zero-order valence-electron chi connectivity index (χ0n) is 6.42. The molecular formula is C8H12N2S. The first-order valence-electron chi connectivity index (χ1n) is 4.08. The third-order valence-electron chi connectivity index (χ3n) is 2.11. The predicted octanol–water partition coefficient (Wildman–Crippen LogP) is 1.96. The average Bonchev–Trinajstić information content (AvgIpc) is 2.58. The van der Waals surface area contributed by atoms with E-state index in [0.717, 1.165) is 0 Å². The third kappa shape index (κ3) is 1.60. The van der Waals surface area contributed by atoms with Gasteiger partial charge in [0.1, 0.15) is 0 Å². The SMILES string of the molecule is c1ncc([C@H]2CCCCN2)s1. The van der Waals surface area contributed by atoms with Crippen LogP contribution >= 0.6 is 11.3 Å². The molecule has 11 heavy (non-hydrogen) atoms. The lowest BCUT2D eigenvalue weighted by Gasteiger charge is -2.21. The van der Waals surface area contributed by atoms with Gasteiger partial charge in [-0.2, -0.15) is 0 Å². The van der Waals surface area contributed by atoms with E-state index in [9.17, 15) is 0 Å². The number of piperidine rings is 1. The van der Waals surface area contributed by atoms with Crippen molar-refractivity contribution >= 4 is 11.3 Å². The van der Waals surface area contributed by atoms with Crippen LogP contribution in [0.2, 0.25) is 0 Å². The smallest absolute Gasteiger partial charge is 0.0794 e. The van der Waals surface area contributed by atoms with E-state index >= 15 is 0 Å². The summed E-state index contributed by atoms with van der Waals surface area (Å²) in [6.45, 7) is 1.17. The molecule has 0 aromatic carbocycles. The van der Waals surface area contributed by atoms with Gasteiger partial charge in [0.2, 0.25) is 0 Å². The zero-order chi connectivity index (χ0) is 7.52. The van der Waals surface area contributed by atoms with E-state index in [0.29, 0.717) is 6.04 Å². The second kappa shape index (κ2) is 3.32. The fourth-order valence-electron chi connectivity index (χ4n) is 1.49. The van der Waals surface area contributed by atoms with Gasteiger partial charge in [-0.15, -0.1) is 11.3 Å². The molecule has 1 atom stereocenters.